The number of rotatable bonds is 6. The third kappa shape index (κ3) is 4.12. The Kier molecular flexibility index (Phi) is 4.87. The van der Waals surface area contributed by atoms with Crippen LogP contribution in [0.4, 0.5) is 11.4 Å². The molecule has 1 saturated heterocycles. The number of amides is 1. The molecule has 25 heavy (non-hydrogen) atoms. The Balaban J connectivity index is 1.29. The van der Waals surface area contributed by atoms with Crippen LogP contribution >= 0.6 is 11.8 Å². The number of carbonyl (C=O) groups is 1. The molecule has 1 N–H and O–H groups in total. The maximum atomic E-state index is 12.2. The topological polar surface area (TPSA) is 75.9 Å². The largest absolute Gasteiger partial charge is 0.372 e. The SMILES string of the molecule is O=C(CSc1nnnn1C1CC1)Nc1ccc(N2CCCCC2)cc1. The van der Waals surface area contributed by atoms with Crippen molar-refractivity contribution in [1.82, 2.24) is 20.2 Å². The third-order valence-electron chi connectivity index (χ3n) is 4.56. The van der Waals surface area contributed by atoms with Crippen LogP contribution in [0.5, 0.6) is 0 Å². The van der Waals surface area contributed by atoms with E-state index in [-0.39, 0.29) is 5.91 Å². The Bertz CT molecular complexity index is 721. The van der Waals surface area contributed by atoms with Gasteiger partial charge < -0.3 is 10.2 Å². The molecule has 0 spiro atoms. The quantitative estimate of drug-likeness (QED) is 0.800. The summed E-state index contributed by atoms with van der Waals surface area (Å²) < 4.78 is 1.82. The maximum Gasteiger partial charge on any atom is 0.234 e. The van der Waals surface area contributed by atoms with E-state index in [1.807, 2.05) is 16.8 Å². The molecule has 0 bridgehead atoms. The highest BCUT2D eigenvalue weighted by Crippen LogP contribution is 2.36. The Hall–Kier alpha value is -2.09. The fraction of sp³-hybridized carbons (Fsp3) is 0.529. The molecule has 0 unspecified atom stereocenters. The molecule has 1 aromatic heterocycles. The minimum atomic E-state index is -0.0407. The van der Waals surface area contributed by atoms with E-state index in [4.69, 9.17) is 0 Å². The first-order valence-electron chi connectivity index (χ1n) is 8.85. The molecule has 2 heterocycles. The predicted octanol–water partition coefficient (Wildman–Crippen LogP) is 2.73. The maximum absolute atomic E-state index is 12.2. The Labute approximate surface area is 151 Å². The summed E-state index contributed by atoms with van der Waals surface area (Å²) in [5.41, 5.74) is 2.06. The fourth-order valence-corrected chi connectivity index (χ4v) is 3.81. The van der Waals surface area contributed by atoms with E-state index in [9.17, 15) is 4.79 Å². The van der Waals surface area contributed by atoms with Gasteiger partial charge in [-0.05, 0) is 66.8 Å². The van der Waals surface area contributed by atoms with Crippen LogP contribution in [0.25, 0.3) is 0 Å². The van der Waals surface area contributed by atoms with Gasteiger partial charge >= 0.3 is 0 Å². The minimum Gasteiger partial charge on any atom is -0.372 e. The van der Waals surface area contributed by atoms with Crippen molar-refractivity contribution in [3.63, 3.8) is 0 Å². The average Bonchev–Trinajstić information content (AvgIpc) is 3.39. The molecule has 1 amide bonds. The summed E-state index contributed by atoms with van der Waals surface area (Å²) in [4.78, 5) is 14.6. The zero-order valence-corrected chi connectivity index (χ0v) is 14.9. The summed E-state index contributed by atoms with van der Waals surface area (Å²) >= 11 is 1.38. The van der Waals surface area contributed by atoms with Crippen LogP contribution < -0.4 is 10.2 Å². The molecule has 8 heteroatoms. The molecule has 1 aliphatic carbocycles. The Morgan fingerprint density at radius 3 is 2.64 bits per heavy atom. The highest BCUT2D eigenvalue weighted by Gasteiger charge is 2.28. The number of thioether (sulfide) groups is 1. The van der Waals surface area contributed by atoms with Crippen LogP contribution in [0.15, 0.2) is 29.4 Å². The smallest absolute Gasteiger partial charge is 0.234 e. The van der Waals surface area contributed by atoms with Crippen molar-refractivity contribution >= 4 is 29.0 Å². The second kappa shape index (κ2) is 7.43. The molecular weight excluding hydrogens is 336 g/mol. The fourth-order valence-electron chi connectivity index (χ4n) is 3.06. The summed E-state index contributed by atoms with van der Waals surface area (Å²) in [5, 5.41) is 15.4. The second-order valence-corrected chi connectivity index (χ2v) is 7.51. The second-order valence-electron chi connectivity index (χ2n) is 6.57. The van der Waals surface area contributed by atoms with Crippen molar-refractivity contribution in [2.24, 2.45) is 0 Å². The van der Waals surface area contributed by atoms with Gasteiger partial charge in [0.2, 0.25) is 11.1 Å². The Morgan fingerprint density at radius 1 is 1.16 bits per heavy atom. The van der Waals surface area contributed by atoms with Gasteiger partial charge in [-0.1, -0.05) is 11.8 Å². The zero-order valence-electron chi connectivity index (χ0n) is 14.1. The van der Waals surface area contributed by atoms with Gasteiger partial charge in [-0.25, -0.2) is 4.68 Å². The molecule has 1 aromatic carbocycles. The minimum absolute atomic E-state index is 0.0407. The van der Waals surface area contributed by atoms with Crippen molar-refractivity contribution in [3.05, 3.63) is 24.3 Å². The van der Waals surface area contributed by atoms with Crippen LogP contribution in [-0.4, -0.2) is 45.0 Å². The molecule has 4 rings (SSSR count). The van der Waals surface area contributed by atoms with Gasteiger partial charge in [0.1, 0.15) is 0 Å². The predicted molar refractivity (Wildman–Crippen MR) is 97.9 cm³/mol. The molecule has 2 fully saturated rings. The van der Waals surface area contributed by atoms with E-state index in [2.05, 4.69) is 37.9 Å². The van der Waals surface area contributed by atoms with Crippen LogP contribution in [0.2, 0.25) is 0 Å². The molecular formula is C17H22N6OS. The number of aromatic nitrogens is 4. The van der Waals surface area contributed by atoms with E-state index < -0.39 is 0 Å². The average molecular weight is 358 g/mol. The van der Waals surface area contributed by atoms with Gasteiger partial charge in [-0.3, -0.25) is 4.79 Å². The molecule has 7 nitrogen and oxygen atoms in total. The van der Waals surface area contributed by atoms with Crippen LogP contribution in [0, 0.1) is 0 Å². The number of tetrazole rings is 1. The highest BCUT2D eigenvalue weighted by atomic mass is 32.2. The number of anilines is 2. The van der Waals surface area contributed by atoms with Gasteiger partial charge in [-0.15, -0.1) is 5.10 Å². The first kappa shape index (κ1) is 16.4. The van der Waals surface area contributed by atoms with E-state index >= 15 is 0 Å². The van der Waals surface area contributed by atoms with Crippen molar-refractivity contribution in [3.8, 4) is 0 Å². The van der Waals surface area contributed by atoms with E-state index in [1.54, 1.807) is 0 Å². The van der Waals surface area contributed by atoms with Gasteiger partial charge in [0.25, 0.3) is 0 Å². The number of carbonyl (C=O) groups excluding carboxylic acids is 1. The molecule has 0 radical (unpaired) electrons. The van der Waals surface area contributed by atoms with Crippen molar-refractivity contribution in [1.29, 1.82) is 0 Å². The van der Waals surface area contributed by atoms with Crippen LogP contribution in [0.3, 0.4) is 0 Å². The monoisotopic (exact) mass is 358 g/mol. The lowest BCUT2D eigenvalue weighted by Crippen LogP contribution is -2.29. The van der Waals surface area contributed by atoms with E-state index in [1.165, 1.54) is 36.7 Å². The van der Waals surface area contributed by atoms with Crippen LogP contribution in [-0.2, 0) is 4.79 Å². The summed E-state index contributed by atoms with van der Waals surface area (Å²) in [6.07, 6.45) is 6.08. The van der Waals surface area contributed by atoms with E-state index in [0.29, 0.717) is 11.8 Å². The molecule has 1 aliphatic heterocycles. The van der Waals surface area contributed by atoms with Crippen molar-refractivity contribution in [2.75, 3.05) is 29.1 Å². The lowest BCUT2D eigenvalue weighted by molar-refractivity contribution is -0.113. The van der Waals surface area contributed by atoms with Crippen LogP contribution in [0.1, 0.15) is 38.1 Å². The highest BCUT2D eigenvalue weighted by molar-refractivity contribution is 7.99. The number of benzene rings is 1. The summed E-state index contributed by atoms with van der Waals surface area (Å²) in [5.74, 6) is 0.266. The van der Waals surface area contributed by atoms with Crippen molar-refractivity contribution < 1.29 is 4.79 Å². The molecule has 0 atom stereocenters. The standard InChI is InChI=1S/C17H22N6OS/c24-16(12-25-17-19-20-21-23(17)15-8-9-15)18-13-4-6-14(7-5-13)22-10-2-1-3-11-22/h4-7,15H,1-3,8-12H2,(H,18,24). The zero-order chi connectivity index (χ0) is 17.1. The first-order chi connectivity index (χ1) is 12.3. The van der Waals surface area contributed by atoms with Gasteiger partial charge in [0.15, 0.2) is 0 Å². The van der Waals surface area contributed by atoms with Gasteiger partial charge in [0, 0.05) is 24.5 Å². The van der Waals surface area contributed by atoms with E-state index in [0.717, 1.165) is 36.8 Å². The Morgan fingerprint density at radius 2 is 1.92 bits per heavy atom. The third-order valence-corrected chi connectivity index (χ3v) is 5.49. The van der Waals surface area contributed by atoms with Gasteiger partial charge in [0.05, 0.1) is 11.8 Å². The molecule has 1 saturated carbocycles. The first-order valence-corrected chi connectivity index (χ1v) is 9.84. The normalized spacial score (nSPS) is 17.5. The molecule has 132 valence electrons. The number of nitrogens with zero attached hydrogens (tertiary/aromatic N) is 5. The molecule has 2 aromatic rings. The number of hydrogen-bond acceptors (Lipinski definition) is 6. The summed E-state index contributed by atoms with van der Waals surface area (Å²) in [6, 6.07) is 8.54. The number of piperidine rings is 1. The van der Waals surface area contributed by atoms with Crippen molar-refractivity contribution in [2.45, 2.75) is 43.3 Å². The number of hydrogen-bond donors (Lipinski definition) is 1. The number of nitrogens with one attached hydrogen (secondary N) is 1. The molecule has 2 aliphatic rings. The summed E-state index contributed by atoms with van der Waals surface area (Å²) in [6.45, 7) is 2.25. The van der Waals surface area contributed by atoms with Gasteiger partial charge in [-0.2, -0.15) is 0 Å². The lowest BCUT2D eigenvalue weighted by Gasteiger charge is -2.28. The summed E-state index contributed by atoms with van der Waals surface area (Å²) in [7, 11) is 0. The lowest BCUT2D eigenvalue weighted by atomic mass is 10.1.